The van der Waals surface area contributed by atoms with Crippen LogP contribution in [0.2, 0.25) is 0 Å². The van der Waals surface area contributed by atoms with Crippen LogP contribution in [-0.4, -0.2) is 42.3 Å². The van der Waals surface area contributed by atoms with Crippen molar-refractivity contribution in [3.05, 3.63) is 0 Å². The zero-order valence-corrected chi connectivity index (χ0v) is 9.36. The van der Waals surface area contributed by atoms with Gasteiger partial charge in [-0.25, -0.2) is 0 Å². The highest BCUT2D eigenvalue weighted by atomic mass is 16.7. The Bertz CT molecular complexity index is 226. The molecule has 1 N–H and O–H groups in total. The molecule has 0 aromatic rings. The van der Waals surface area contributed by atoms with Crippen LogP contribution in [0, 0.1) is 0 Å². The fourth-order valence-electron chi connectivity index (χ4n) is 1.64. The van der Waals surface area contributed by atoms with Crippen LogP contribution in [0.5, 0.6) is 0 Å². The molecule has 2 atom stereocenters. The molecule has 1 heterocycles. The fourth-order valence-corrected chi connectivity index (χ4v) is 1.64. The molecule has 0 bridgehead atoms. The van der Waals surface area contributed by atoms with Gasteiger partial charge in [-0.05, 0) is 13.8 Å². The Balaban J connectivity index is 2.47. The van der Waals surface area contributed by atoms with Crippen LogP contribution in [0.25, 0.3) is 0 Å². The second-order valence-electron chi connectivity index (χ2n) is 4.10. The zero-order valence-electron chi connectivity index (χ0n) is 9.36. The average Bonchev–Trinajstić information content (AvgIpc) is 2.12. The summed E-state index contributed by atoms with van der Waals surface area (Å²) in [7, 11) is 0. The summed E-state index contributed by atoms with van der Waals surface area (Å²) >= 11 is 0. The van der Waals surface area contributed by atoms with E-state index >= 15 is 0 Å². The van der Waals surface area contributed by atoms with E-state index in [4.69, 9.17) is 19.3 Å². The van der Waals surface area contributed by atoms with Gasteiger partial charge in [-0.3, -0.25) is 4.79 Å². The van der Waals surface area contributed by atoms with E-state index in [1.54, 1.807) is 13.8 Å². The van der Waals surface area contributed by atoms with Crippen molar-refractivity contribution in [2.45, 2.75) is 45.2 Å². The molecular formula is C10H18O5. The van der Waals surface area contributed by atoms with Gasteiger partial charge in [0.05, 0.1) is 18.8 Å². The van der Waals surface area contributed by atoms with E-state index in [2.05, 4.69) is 0 Å². The first kappa shape index (κ1) is 12.4. The molecular weight excluding hydrogens is 200 g/mol. The van der Waals surface area contributed by atoms with Crippen LogP contribution in [0.3, 0.4) is 0 Å². The minimum atomic E-state index is -0.740. The quantitative estimate of drug-likeness (QED) is 0.697. The molecule has 5 heteroatoms. The Morgan fingerprint density at radius 2 is 2.07 bits per heavy atom. The smallest absolute Gasteiger partial charge is 0.302 e. The number of hydrogen-bond acceptors (Lipinski definition) is 5. The van der Waals surface area contributed by atoms with Gasteiger partial charge in [-0.1, -0.05) is 0 Å². The van der Waals surface area contributed by atoms with E-state index in [0.717, 1.165) is 0 Å². The molecule has 15 heavy (non-hydrogen) atoms. The molecule has 1 fully saturated rings. The molecule has 0 amide bonds. The average molecular weight is 218 g/mol. The molecule has 0 saturated carbocycles. The molecule has 0 aliphatic carbocycles. The first-order valence-corrected chi connectivity index (χ1v) is 5.03. The zero-order chi connectivity index (χ0) is 11.5. The first-order valence-electron chi connectivity index (χ1n) is 5.03. The van der Waals surface area contributed by atoms with Gasteiger partial charge < -0.3 is 19.3 Å². The second kappa shape index (κ2) is 4.92. The lowest BCUT2D eigenvalue weighted by atomic mass is 10.1. The Kier molecular flexibility index (Phi) is 4.07. The van der Waals surface area contributed by atoms with E-state index in [1.165, 1.54) is 6.92 Å². The Morgan fingerprint density at radius 1 is 1.47 bits per heavy atom. The van der Waals surface area contributed by atoms with Crippen molar-refractivity contribution in [3.63, 3.8) is 0 Å². The molecule has 1 aliphatic rings. The van der Waals surface area contributed by atoms with Crippen LogP contribution in [0.1, 0.15) is 27.2 Å². The standard InChI is InChI=1S/C10H18O5/c1-7(12)13-6-9-4-8(5-11)14-10(2,3)15-9/h8-9,11H,4-6H2,1-3H3/t8-,9+/m0/s1. The molecule has 0 aromatic carbocycles. The Hall–Kier alpha value is -0.650. The van der Waals surface area contributed by atoms with Crippen molar-refractivity contribution in [3.8, 4) is 0 Å². The van der Waals surface area contributed by atoms with E-state index in [-0.39, 0.29) is 31.4 Å². The Morgan fingerprint density at radius 3 is 2.60 bits per heavy atom. The highest BCUT2D eigenvalue weighted by molar-refractivity contribution is 5.65. The third kappa shape index (κ3) is 4.15. The van der Waals surface area contributed by atoms with Crippen LogP contribution >= 0.6 is 0 Å². The molecule has 88 valence electrons. The number of ether oxygens (including phenoxy) is 3. The molecule has 1 aliphatic heterocycles. The number of carbonyl (C=O) groups excluding carboxylic acids is 1. The van der Waals surface area contributed by atoms with Crippen molar-refractivity contribution in [1.29, 1.82) is 0 Å². The molecule has 0 spiro atoms. The maximum absolute atomic E-state index is 10.6. The van der Waals surface area contributed by atoms with Gasteiger partial charge in [0.1, 0.15) is 6.61 Å². The lowest BCUT2D eigenvalue weighted by Gasteiger charge is -2.39. The van der Waals surface area contributed by atoms with E-state index in [9.17, 15) is 4.79 Å². The van der Waals surface area contributed by atoms with Crippen molar-refractivity contribution in [2.24, 2.45) is 0 Å². The number of hydrogen-bond donors (Lipinski definition) is 1. The van der Waals surface area contributed by atoms with Gasteiger partial charge in [-0.2, -0.15) is 0 Å². The van der Waals surface area contributed by atoms with Crippen LogP contribution < -0.4 is 0 Å². The molecule has 5 nitrogen and oxygen atoms in total. The normalized spacial score (nSPS) is 29.9. The highest BCUT2D eigenvalue weighted by Gasteiger charge is 2.35. The molecule has 0 unspecified atom stereocenters. The summed E-state index contributed by atoms with van der Waals surface area (Å²) in [6, 6.07) is 0. The fraction of sp³-hybridized carbons (Fsp3) is 0.900. The maximum atomic E-state index is 10.6. The van der Waals surface area contributed by atoms with Gasteiger partial charge in [0, 0.05) is 13.3 Å². The van der Waals surface area contributed by atoms with Gasteiger partial charge in [0.15, 0.2) is 5.79 Å². The second-order valence-corrected chi connectivity index (χ2v) is 4.10. The predicted molar refractivity (Wildman–Crippen MR) is 52.2 cm³/mol. The number of rotatable bonds is 3. The van der Waals surface area contributed by atoms with Gasteiger partial charge in [0.25, 0.3) is 0 Å². The number of carbonyl (C=O) groups is 1. The molecule has 0 radical (unpaired) electrons. The van der Waals surface area contributed by atoms with E-state index in [0.29, 0.717) is 6.42 Å². The van der Waals surface area contributed by atoms with E-state index in [1.807, 2.05) is 0 Å². The number of aliphatic hydroxyl groups excluding tert-OH is 1. The third-order valence-corrected chi connectivity index (χ3v) is 2.10. The van der Waals surface area contributed by atoms with Gasteiger partial charge in [0.2, 0.25) is 0 Å². The SMILES string of the molecule is CC(=O)OC[C@H]1C[C@@H](CO)OC(C)(C)O1. The largest absolute Gasteiger partial charge is 0.463 e. The minimum absolute atomic E-state index is 0.0522. The van der Waals surface area contributed by atoms with Gasteiger partial charge >= 0.3 is 5.97 Å². The maximum Gasteiger partial charge on any atom is 0.302 e. The van der Waals surface area contributed by atoms with E-state index < -0.39 is 5.79 Å². The van der Waals surface area contributed by atoms with Crippen LogP contribution in [0.15, 0.2) is 0 Å². The lowest BCUT2D eigenvalue weighted by Crippen LogP contribution is -2.47. The predicted octanol–water partition coefficient (Wildman–Crippen LogP) is 0.452. The summed E-state index contributed by atoms with van der Waals surface area (Å²) in [5.41, 5.74) is 0. The van der Waals surface area contributed by atoms with Crippen LogP contribution in [-0.2, 0) is 19.0 Å². The third-order valence-electron chi connectivity index (χ3n) is 2.10. The highest BCUT2D eigenvalue weighted by Crippen LogP contribution is 2.26. The summed E-state index contributed by atoms with van der Waals surface area (Å²) in [6.07, 6.45) is 0.0665. The van der Waals surface area contributed by atoms with Crippen LogP contribution in [0.4, 0.5) is 0 Å². The number of aliphatic hydroxyl groups is 1. The molecule has 1 rings (SSSR count). The Labute approximate surface area is 89.3 Å². The van der Waals surface area contributed by atoms with Gasteiger partial charge in [-0.15, -0.1) is 0 Å². The lowest BCUT2D eigenvalue weighted by molar-refractivity contribution is -0.308. The molecule has 0 aromatic heterocycles. The van der Waals surface area contributed by atoms with Crippen molar-refractivity contribution >= 4 is 5.97 Å². The summed E-state index contributed by atoms with van der Waals surface area (Å²) in [5.74, 6) is -1.07. The minimum Gasteiger partial charge on any atom is -0.463 e. The summed E-state index contributed by atoms with van der Waals surface area (Å²) in [6.45, 7) is 5.06. The molecule has 1 saturated heterocycles. The van der Waals surface area contributed by atoms with Crippen molar-refractivity contribution < 1.29 is 24.1 Å². The first-order chi connectivity index (χ1) is 6.93. The number of esters is 1. The summed E-state index contributed by atoms with van der Waals surface area (Å²) < 4.78 is 15.9. The van der Waals surface area contributed by atoms with Crippen molar-refractivity contribution in [1.82, 2.24) is 0 Å². The summed E-state index contributed by atoms with van der Waals surface area (Å²) in [5, 5.41) is 9.03. The van der Waals surface area contributed by atoms with Crippen molar-refractivity contribution in [2.75, 3.05) is 13.2 Å². The topological polar surface area (TPSA) is 65.0 Å². The monoisotopic (exact) mass is 218 g/mol. The summed E-state index contributed by atoms with van der Waals surface area (Å²) in [4.78, 5) is 10.6.